The van der Waals surface area contributed by atoms with E-state index >= 15 is 0 Å². The van der Waals surface area contributed by atoms with Gasteiger partial charge >= 0.3 is 0 Å². The molecule has 1 aliphatic rings. The van der Waals surface area contributed by atoms with E-state index in [2.05, 4.69) is 92.6 Å². The number of para-hydroxylation sites is 1. The fourth-order valence-corrected chi connectivity index (χ4v) is 6.28. The first-order valence-electron chi connectivity index (χ1n) is 14.0. The van der Waals surface area contributed by atoms with E-state index in [9.17, 15) is 0 Å². The molecule has 1 aromatic heterocycles. The fraction of sp³-hybridized carbons (Fsp3) is 0.105. The maximum atomic E-state index is 5.19. The number of benzene rings is 5. The predicted molar refractivity (Wildman–Crippen MR) is 174 cm³/mol. The Morgan fingerprint density at radius 2 is 1.24 bits per heavy atom. The highest BCUT2D eigenvalue weighted by Crippen LogP contribution is 2.50. The van der Waals surface area contributed by atoms with Gasteiger partial charge < -0.3 is 0 Å². The van der Waals surface area contributed by atoms with E-state index < -0.39 is 0 Å². The topological polar surface area (TPSA) is 29.6 Å². The van der Waals surface area contributed by atoms with Gasteiger partial charge in [0.2, 0.25) is 0 Å². The number of amidine groups is 1. The number of aromatic nitrogens is 1. The second-order valence-corrected chi connectivity index (χ2v) is 11.2. The highest BCUT2D eigenvalue weighted by Gasteiger charge is 2.36. The summed E-state index contributed by atoms with van der Waals surface area (Å²) < 4.78 is 2.29. The summed E-state index contributed by atoms with van der Waals surface area (Å²) in [6, 6.07) is 42.4. The molecule has 3 nitrogen and oxygen atoms in total. The summed E-state index contributed by atoms with van der Waals surface area (Å²) in [5.41, 5.74) is 10.2. The lowest BCUT2D eigenvalue weighted by Gasteiger charge is -2.21. The van der Waals surface area contributed by atoms with Crippen molar-refractivity contribution in [3.05, 3.63) is 150 Å². The van der Waals surface area contributed by atoms with Crippen LogP contribution in [0.5, 0.6) is 0 Å². The maximum absolute atomic E-state index is 5.19. The Balaban J connectivity index is 1.46. The van der Waals surface area contributed by atoms with E-state index in [1.807, 2.05) is 60.7 Å². The van der Waals surface area contributed by atoms with Gasteiger partial charge in [-0.05, 0) is 52.9 Å². The first kappa shape index (κ1) is 25.0. The standard InChI is InChI=1S/C38H31N3/c1-25(27-15-7-5-8-16-27)39-37(28-17-9-6-10-18-28)40-26(2)41-35-22-14-12-20-30(35)32-23-31-29-19-11-13-21-33(29)38(3,4)34(31)24-36(32)41/h5-24H,1H2,2-4H3/b39-37-,40-26+. The van der Waals surface area contributed by atoms with Crippen molar-refractivity contribution in [1.29, 1.82) is 0 Å². The van der Waals surface area contributed by atoms with Gasteiger partial charge in [0, 0.05) is 21.8 Å². The van der Waals surface area contributed by atoms with E-state index in [1.165, 1.54) is 33.0 Å². The third-order valence-corrected chi connectivity index (χ3v) is 8.35. The summed E-state index contributed by atoms with van der Waals surface area (Å²) in [7, 11) is 0. The fourth-order valence-electron chi connectivity index (χ4n) is 6.28. The number of hydrogen-bond donors (Lipinski definition) is 0. The Morgan fingerprint density at radius 3 is 2.00 bits per heavy atom. The van der Waals surface area contributed by atoms with Gasteiger partial charge in [-0.1, -0.05) is 124 Å². The molecule has 3 heteroatoms. The molecule has 6 aromatic rings. The van der Waals surface area contributed by atoms with Crippen LogP contribution in [0.2, 0.25) is 0 Å². The van der Waals surface area contributed by atoms with Crippen LogP contribution in [-0.4, -0.2) is 16.2 Å². The first-order chi connectivity index (χ1) is 19.9. The molecular weight excluding hydrogens is 498 g/mol. The summed E-state index contributed by atoms with van der Waals surface area (Å²) in [6.45, 7) is 11.0. The molecule has 0 bridgehead atoms. The lowest BCUT2D eigenvalue weighted by atomic mass is 9.82. The van der Waals surface area contributed by atoms with Crippen molar-refractivity contribution in [2.45, 2.75) is 26.2 Å². The Morgan fingerprint density at radius 1 is 0.610 bits per heavy atom. The highest BCUT2D eigenvalue weighted by atomic mass is 15.1. The number of aliphatic imine (C=N–C) groups is 2. The molecule has 0 fully saturated rings. The zero-order valence-electron chi connectivity index (χ0n) is 23.6. The molecule has 0 N–H and O–H groups in total. The molecule has 0 saturated carbocycles. The first-order valence-corrected chi connectivity index (χ1v) is 14.0. The summed E-state index contributed by atoms with van der Waals surface area (Å²) in [5.74, 6) is 1.49. The average Bonchev–Trinajstić information content (AvgIpc) is 3.45. The molecular formula is C38H31N3. The van der Waals surface area contributed by atoms with E-state index in [1.54, 1.807) is 0 Å². The molecule has 1 heterocycles. The largest absolute Gasteiger partial charge is 0.297 e. The van der Waals surface area contributed by atoms with Crippen LogP contribution in [0.1, 0.15) is 43.0 Å². The minimum Gasteiger partial charge on any atom is -0.297 e. The highest BCUT2D eigenvalue weighted by molar-refractivity contribution is 6.18. The minimum absolute atomic E-state index is 0.0868. The van der Waals surface area contributed by atoms with Gasteiger partial charge in [0.15, 0.2) is 5.84 Å². The van der Waals surface area contributed by atoms with Crippen LogP contribution in [0.15, 0.2) is 138 Å². The van der Waals surface area contributed by atoms with Crippen molar-refractivity contribution < 1.29 is 0 Å². The quantitative estimate of drug-likeness (QED) is 0.161. The Labute approximate surface area is 240 Å². The predicted octanol–water partition coefficient (Wildman–Crippen LogP) is 9.48. The lowest BCUT2D eigenvalue weighted by molar-refractivity contribution is 0.661. The molecule has 0 unspecified atom stereocenters. The second kappa shape index (κ2) is 9.57. The van der Waals surface area contributed by atoms with Crippen molar-refractivity contribution in [2.75, 3.05) is 0 Å². The van der Waals surface area contributed by atoms with Gasteiger partial charge in [-0.3, -0.25) is 4.57 Å². The minimum atomic E-state index is -0.0868. The van der Waals surface area contributed by atoms with Crippen molar-refractivity contribution in [2.24, 2.45) is 9.98 Å². The monoisotopic (exact) mass is 529 g/mol. The zero-order valence-corrected chi connectivity index (χ0v) is 23.6. The Bertz CT molecular complexity index is 2020. The van der Waals surface area contributed by atoms with E-state index in [0.29, 0.717) is 11.5 Å². The molecule has 41 heavy (non-hydrogen) atoms. The molecule has 0 atom stereocenters. The molecule has 0 amide bonds. The number of fused-ring (bicyclic) bond motifs is 6. The van der Waals surface area contributed by atoms with Gasteiger partial charge in [-0.25, -0.2) is 9.98 Å². The number of rotatable bonds is 3. The number of hydrogen-bond acceptors (Lipinski definition) is 1. The van der Waals surface area contributed by atoms with Gasteiger partial charge in [0.25, 0.3) is 0 Å². The van der Waals surface area contributed by atoms with Crippen molar-refractivity contribution >= 4 is 39.2 Å². The molecule has 0 radical (unpaired) electrons. The van der Waals surface area contributed by atoms with Crippen LogP contribution in [0.25, 0.3) is 38.6 Å². The van der Waals surface area contributed by atoms with Crippen molar-refractivity contribution in [3.63, 3.8) is 0 Å². The molecule has 1 aliphatic carbocycles. The second-order valence-electron chi connectivity index (χ2n) is 11.2. The smallest absolute Gasteiger partial charge is 0.161 e. The van der Waals surface area contributed by atoms with E-state index in [-0.39, 0.29) is 5.41 Å². The molecule has 0 saturated heterocycles. The van der Waals surface area contributed by atoms with Gasteiger partial charge in [-0.2, -0.15) is 0 Å². The van der Waals surface area contributed by atoms with Crippen LogP contribution in [0.3, 0.4) is 0 Å². The Kier molecular flexibility index (Phi) is 5.83. The molecule has 7 rings (SSSR count). The van der Waals surface area contributed by atoms with Crippen LogP contribution < -0.4 is 0 Å². The molecule has 5 aromatic carbocycles. The SMILES string of the molecule is C=C(/N=C(\N=C(/C)n1c2ccccc2c2cc3c(cc21)C(C)(C)c1ccccc1-3)c1ccccc1)c1ccccc1. The van der Waals surface area contributed by atoms with Gasteiger partial charge in [-0.15, -0.1) is 0 Å². The number of nitrogens with zero attached hydrogens (tertiary/aromatic N) is 3. The van der Waals surface area contributed by atoms with Crippen LogP contribution in [0.4, 0.5) is 0 Å². The van der Waals surface area contributed by atoms with Crippen LogP contribution in [-0.2, 0) is 5.41 Å². The zero-order chi connectivity index (χ0) is 28.1. The van der Waals surface area contributed by atoms with Gasteiger partial charge in [0.1, 0.15) is 5.84 Å². The third-order valence-electron chi connectivity index (χ3n) is 8.35. The normalized spacial score (nSPS) is 14.3. The van der Waals surface area contributed by atoms with Crippen LogP contribution in [0, 0.1) is 0 Å². The molecule has 0 spiro atoms. The summed E-state index contributed by atoms with van der Waals surface area (Å²) in [6.07, 6.45) is 0. The summed E-state index contributed by atoms with van der Waals surface area (Å²) in [4.78, 5) is 10.1. The van der Waals surface area contributed by atoms with E-state index in [0.717, 1.165) is 28.0 Å². The molecule has 198 valence electrons. The van der Waals surface area contributed by atoms with E-state index in [4.69, 9.17) is 9.98 Å². The average molecular weight is 530 g/mol. The van der Waals surface area contributed by atoms with Crippen molar-refractivity contribution in [1.82, 2.24) is 4.57 Å². The van der Waals surface area contributed by atoms with Gasteiger partial charge in [0.05, 0.1) is 16.7 Å². The Hall–Kier alpha value is -5.02. The summed E-state index contributed by atoms with van der Waals surface area (Å²) in [5, 5.41) is 2.45. The molecule has 0 aliphatic heterocycles. The summed E-state index contributed by atoms with van der Waals surface area (Å²) >= 11 is 0. The lowest BCUT2D eigenvalue weighted by Crippen LogP contribution is -2.15. The van der Waals surface area contributed by atoms with Crippen LogP contribution >= 0.6 is 0 Å². The van der Waals surface area contributed by atoms with Crippen molar-refractivity contribution in [3.8, 4) is 11.1 Å². The third kappa shape index (κ3) is 4.05. The maximum Gasteiger partial charge on any atom is 0.161 e.